The number of ether oxygens (including phenoxy) is 3. The van der Waals surface area contributed by atoms with Crippen molar-refractivity contribution in [2.75, 3.05) is 103 Å². The summed E-state index contributed by atoms with van der Waals surface area (Å²) in [7, 11) is -25.4. The number of hydrogen-bond donors (Lipinski definition) is 4. The molecule has 0 aliphatic heterocycles. The molecule has 0 saturated carbocycles. The third-order valence-electron chi connectivity index (χ3n) is 11.7. The molecule has 73 heavy (non-hydrogen) atoms. The summed E-state index contributed by atoms with van der Waals surface area (Å²) in [4.78, 5) is -1.78. The van der Waals surface area contributed by atoms with Crippen molar-refractivity contribution in [3.8, 4) is 0 Å². The standard InChI is InChI=1S/C45H72N4O18S6/c1-32(13-12-21-65-28-44(5,6)30-67-31-45(7,8)29-66-27-43(2,3)4)46-37-25-38(71(59,60)47(9)18-22-68(50,51)52)34-16-17-36-40(73(63,64)49(11)20-24-70(56,57)58)26-39(35-15-14-33(37)41(34)42(35)36)72(61,62)48(10)19-23-69(53,54)55/h14-17,25-26,32,46H,12-13,18-24,27-31H2,1-11H3,(H,50,51,52)(H,53,54,55)(H,56,57,58). The molecule has 4 aromatic rings. The van der Waals surface area contributed by atoms with Gasteiger partial charge in [-0.3, -0.25) is 13.7 Å². The Kier molecular flexibility index (Phi) is 20.0. The maximum Gasteiger partial charge on any atom is 0.266 e. The van der Waals surface area contributed by atoms with Gasteiger partial charge < -0.3 is 19.5 Å². The van der Waals surface area contributed by atoms with Gasteiger partial charge in [-0.1, -0.05) is 72.7 Å². The number of hydrogen-bond acceptors (Lipinski definition) is 16. The average molecular weight is 1150 g/mol. The summed E-state index contributed by atoms with van der Waals surface area (Å²) in [5.41, 5.74) is -0.283. The summed E-state index contributed by atoms with van der Waals surface area (Å²) in [5, 5.41) is 3.25. The Bertz CT molecular complexity index is 3200. The molecule has 0 bridgehead atoms. The van der Waals surface area contributed by atoms with Crippen LogP contribution in [0.3, 0.4) is 0 Å². The highest BCUT2D eigenvalue weighted by Crippen LogP contribution is 2.46. The second-order valence-corrected chi connectivity index (χ2v) is 32.1. The number of sulfonamides is 3. The van der Waals surface area contributed by atoms with Gasteiger partial charge in [0.2, 0.25) is 30.1 Å². The second-order valence-electron chi connectivity index (χ2n) is 21.3. The van der Waals surface area contributed by atoms with Gasteiger partial charge in [-0.25, -0.2) is 25.3 Å². The number of benzene rings is 4. The van der Waals surface area contributed by atoms with Crippen molar-refractivity contribution < 1.29 is 78.4 Å². The van der Waals surface area contributed by atoms with Crippen LogP contribution in [0.4, 0.5) is 5.69 Å². The topological polar surface area (TPSA) is 315 Å². The molecule has 0 saturated heterocycles. The molecule has 28 heteroatoms. The van der Waals surface area contributed by atoms with E-state index in [2.05, 4.69) is 39.9 Å². The zero-order valence-corrected chi connectivity index (χ0v) is 48.1. The van der Waals surface area contributed by atoms with Gasteiger partial charge in [0.15, 0.2) is 0 Å². The van der Waals surface area contributed by atoms with Crippen molar-refractivity contribution in [2.45, 2.75) is 89.0 Å². The van der Waals surface area contributed by atoms with Gasteiger partial charge >= 0.3 is 0 Å². The molecule has 1 atom stereocenters. The Morgan fingerprint density at radius 3 is 1.21 bits per heavy atom. The lowest BCUT2D eigenvalue weighted by Gasteiger charge is -2.30. The maximum absolute atomic E-state index is 14.5. The number of anilines is 1. The molecule has 0 heterocycles. The Morgan fingerprint density at radius 1 is 0.507 bits per heavy atom. The molecule has 416 valence electrons. The van der Waals surface area contributed by atoms with E-state index in [1.54, 1.807) is 0 Å². The fourth-order valence-electron chi connectivity index (χ4n) is 7.75. The summed E-state index contributed by atoms with van der Waals surface area (Å²) >= 11 is 0. The molecular formula is C45H72N4O18S6. The van der Waals surface area contributed by atoms with E-state index in [-0.39, 0.29) is 48.9 Å². The SMILES string of the molecule is CC(CCCOCC(C)(C)COCC(C)(C)COCC(C)(C)C)Nc1cc(S(=O)(=O)N(C)CCS(=O)(=O)O)c2ccc3c(S(=O)(=O)N(C)CCS(=O)(=O)O)cc(S(=O)(=O)N(C)CCS(=O)(=O)O)c4ccc1c2c43. The van der Waals surface area contributed by atoms with Gasteiger partial charge in [-0.15, -0.1) is 0 Å². The largest absolute Gasteiger partial charge is 0.382 e. The Labute approximate surface area is 431 Å². The van der Waals surface area contributed by atoms with Crippen molar-refractivity contribution in [3.63, 3.8) is 0 Å². The minimum absolute atomic E-state index is 0.0391. The van der Waals surface area contributed by atoms with E-state index in [9.17, 15) is 64.2 Å². The Hall–Kier alpha value is -2.94. The zero-order valence-electron chi connectivity index (χ0n) is 43.2. The van der Waals surface area contributed by atoms with Crippen LogP contribution < -0.4 is 5.32 Å². The summed E-state index contributed by atoms with van der Waals surface area (Å²) in [6.45, 7) is 17.0. The molecule has 0 amide bonds. The predicted octanol–water partition coefficient (Wildman–Crippen LogP) is 4.84. The Balaban J connectivity index is 1.82. The molecular weight excluding hydrogens is 1080 g/mol. The summed E-state index contributed by atoms with van der Waals surface area (Å²) in [6, 6.07) is 7.12. The highest BCUT2D eigenvalue weighted by molar-refractivity contribution is 7.90. The number of nitrogens with zero attached hydrogens (tertiary/aromatic N) is 3. The minimum Gasteiger partial charge on any atom is -0.382 e. The third-order valence-corrected chi connectivity index (χ3v) is 19.5. The molecule has 4 aromatic carbocycles. The molecule has 22 nitrogen and oxygen atoms in total. The first-order chi connectivity index (χ1) is 33.1. The monoisotopic (exact) mass is 1150 g/mol. The van der Waals surface area contributed by atoms with Crippen molar-refractivity contribution >= 4 is 98.4 Å². The summed E-state index contributed by atoms with van der Waals surface area (Å²) in [5.74, 6) is -3.04. The van der Waals surface area contributed by atoms with Gasteiger partial charge in [-0.2, -0.15) is 38.2 Å². The zero-order chi connectivity index (χ0) is 55.6. The molecule has 0 spiro atoms. The lowest BCUT2D eigenvalue weighted by molar-refractivity contribution is -0.0532. The van der Waals surface area contributed by atoms with Crippen LogP contribution >= 0.6 is 0 Å². The van der Waals surface area contributed by atoms with Crippen LogP contribution in [-0.4, -0.2) is 181 Å². The van der Waals surface area contributed by atoms with E-state index >= 15 is 0 Å². The van der Waals surface area contributed by atoms with E-state index < -0.39 is 118 Å². The molecule has 0 aliphatic rings. The highest BCUT2D eigenvalue weighted by atomic mass is 32.2. The van der Waals surface area contributed by atoms with Crippen LogP contribution in [0, 0.1) is 16.2 Å². The van der Waals surface area contributed by atoms with Gasteiger partial charge in [0.1, 0.15) is 0 Å². The lowest BCUT2D eigenvalue weighted by atomic mass is 9.93. The summed E-state index contributed by atoms with van der Waals surface area (Å²) < 4.78 is 205. The minimum atomic E-state index is -4.88. The van der Waals surface area contributed by atoms with Gasteiger partial charge in [-0.05, 0) is 37.3 Å². The third kappa shape index (κ3) is 17.3. The average Bonchev–Trinajstić information content (AvgIpc) is 3.23. The molecule has 1 unspecified atom stereocenters. The van der Waals surface area contributed by atoms with Crippen molar-refractivity contribution in [3.05, 3.63) is 36.4 Å². The van der Waals surface area contributed by atoms with E-state index in [1.165, 1.54) is 30.3 Å². The van der Waals surface area contributed by atoms with Crippen LogP contribution in [0.1, 0.15) is 68.2 Å². The molecule has 0 fully saturated rings. The molecule has 4 N–H and O–H groups in total. The van der Waals surface area contributed by atoms with E-state index in [0.717, 1.165) is 27.2 Å². The van der Waals surface area contributed by atoms with Gasteiger partial charge in [0.25, 0.3) is 30.4 Å². The predicted molar refractivity (Wildman–Crippen MR) is 281 cm³/mol. The van der Waals surface area contributed by atoms with Gasteiger partial charge in [0.05, 0.1) is 65.0 Å². The molecule has 0 aliphatic carbocycles. The normalized spacial score (nSPS) is 14.7. The fourth-order valence-corrected chi connectivity index (χ4v) is 13.8. The molecule has 4 rings (SSSR count). The van der Waals surface area contributed by atoms with Crippen LogP contribution in [0.15, 0.2) is 51.1 Å². The second kappa shape index (κ2) is 23.3. The number of rotatable bonds is 30. The van der Waals surface area contributed by atoms with Crippen molar-refractivity contribution in [1.82, 2.24) is 12.9 Å². The van der Waals surface area contributed by atoms with Crippen LogP contribution in [0.5, 0.6) is 0 Å². The summed E-state index contributed by atoms with van der Waals surface area (Å²) in [6.07, 6.45) is 1.02. The number of nitrogens with one attached hydrogen (secondary N) is 1. The lowest BCUT2D eigenvalue weighted by Crippen LogP contribution is -2.33. The van der Waals surface area contributed by atoms with Crippen LogP contribution in [0.2, 0.25) is 0 Å². The Morgan fingerprint density at radius 2 is 0.836 bits per heavy atom. The maximum atomic E-state index is 14.5. The first kappa shape index (κ1) is 62.6. The van der Waals surface area contributed by atoms with Crippen LogP contribution in [-0.2, 0) is 74.6 Å². The van der Waals surface area contributed by atoms with E-state index in [1.807, 2.05) is 20.8 Å². The smallest absolute Gasteiger partial charge is 0.266 e. The van der Waals surface area contributed by atoms with Gasteiger partial charge in [0, 0.05) is 102 Å². The first-order valence-corrected chi connectivity index (χ1v) is 32.3. The quantitative estimate of drug-likeness (QED) is 0.0308. The molecule has 0 aromatic heterocycles. The fraction of sp³-hybridized carbons (Fsp3) is 0.644. The highest BCUT2D eigenvalue weighted by Gasteiger charge is 2.35. The van der Waals surface area contributed by atoms with E-state index in [0.29, 0.717) is 70.8 Å². The van der Waals surface area contributed by atoms with Crippen LogP contribution in [0.25, 0.3) is 32.3 Å². The van der Waals surface area contributed by atoms with E-state index in [4.69, 9.17) is 14.2 Å². The van der Waals surface area contributed by atoms with Crippen molar-refractivity contribution in [1.29, 1.82) is 0 Å². The van der Waals surface area contributed by atoms with Crippen molar-refractivity contribution in [2.24, 2.45) is 16.2 Å². The first-order valence-electron chi connectivity index (χ1n) is 23.1. The molecule has 0 radical (unpaired) electrons.